The molecule has 2 unspecified atom stereocenters. The number of hydrogen-bond acceptors (Lipinski definition) is 4. The van der Waals surface area contributed by atoms with Gasteiger partial charge in [0.25, 0.3) is 0 Å². The maximum atomic E-state index is 5.52. The van der Waals surface area contributed by atoms with Crippen molar-refractivity contribution in [1.82, 2.24) is 5.43 Å². The second-order valence-electron chi connectivity index (χ2n) is 3.53. The Kier molecular flexibility index (Phi) is 5.31. The van der Waals surface area contributed by atoms with Crippen molar-refractivity contribution in [2.45, 2.75) is 37.8 Å². The zero-order chi connectivity index (χ0) is 9.52. The summed E-state index contributed by atoms with van der Waals surface area (Å²) in [5.74, 6) is 5.37. The minimum Gasteiger partial charge on any atom is -0.383 e. The van der Waals surface area contributed by atoms with Crippen molar-refractivity contribution in [3.05, 3.63) is 0 Å². The van der Waals surface area contributed by atoms with Crippen LogP contribution in [0.3, 0.4) is 0 Å². The van der Waals surface area contributed by atoms with E-state index in [1.165, 1.54) is 12.8 Å². The highest BCUT2D eigenvalue weighted by Crippen LogP contribution is 2.17. The highest BCUT2D eigenvalue weighted by molar-refractivity contribution is 4.70. The summed E-state index contributed by atoms with van der Waals surface area (Å²) < 4.78 is 10.5. The predicted octanol–water partition coefficient (Wildman–Crippen LogP) is 0.424. The van der Waals surface area contributed by atoms with Gasteiger partial charge in [0.15, 0.2) is 0 Å². The molecule has 0 bridgehead atoms. The molecule has 0 radical (unpaired) electrons. The quantitative estimate of drug-likeness (QED) is 0.468. The van der Waals surface area contributed by atoms with Crippen LogP contribution in [-0.2, 0) is 9.47 Å². The first kappa shape index (κ1) is 10.9. The minimum atomic E-state index is 0.259. The molecule has 1 fully saturated rings. The van der Waals surface area contributed by atoms with Gasteiger partial charge in [-0.2, -0.15) is 0 Å². The van der Waals surface area contributed by atoms with Crippen LogP contribution < -0.4 is 11.3 Å². The highest BCUT2D eigenvalue weighted by Gasteiger charge is 2.17. The van der Waals surface area contributed by atoms with Crippen LogP contribution in [-0.4, -0.2) is 32.5 Å². The third-order valence-corrected chi connectivity index (χ3v) is 2.46. The smallest absolute Gasteiger partial charge is 0.0629 e. The van der Waals surface area contributed by atoms with Crippen molar-refractivity contribution in [2.75, 3.05) is 20.3 Å². The second-order valence-corrected chi connectivity index (χ2v) is 3.53. The fraction of sp³-hybridized carbons (Fsp3) is 1.00. The van der Waals surface area contributed by atoms with Gasteiger partial charge in [0, 0.05) is 19.8 Å². The molecule has 0 aromatic heterocycles. The van der Waals surface area contributed by atoms with E-state index >= 15 is 0 Å². The van der Waals surface area contributed by atoms with E-state index in [9.17, 15) is 0 Å². The summed E-state index contributed by atoms with van der Waals surface area (Å²) in [6, 6.07) is 0.259. The van der Waals surface area contributed by atoms with E-state index in [4.69, 9.17) is 15.3 Å². The van der Waals surface area contributed by atoms with Gasteiger partial charge in [0.1, 0.15) is 0 Å². The van der Waals surface area contributed by atoms with Gasteiger partial charge in [0.2, 0.25) is 0 Å². The van der Waals surface area contributed by atoms with Crippen LogP contribution in [0.15, 0.2) is 0 Å². The van der Waals surface area contributed by atoms with Gasteiger partial charge in [-0.3, -0.25) is 11.3 Å². The average molecular weight is 188 g/mol. The van der Waals surface area contributed by atoms with Gasteiger partial charge in [-0.25, -0.2) is 0 Å². The number of nitrogens with two attached hydrogens (primary N) is 1. The van der Waals surface area contributed by atoms with E-state index in [2.05, 4.69) is 5.43 Å². The molecule has 2 atom stereocenters. The van der Waals surface area contributed by atoms with Gasteiger partial charge in [0.05, 0.1) is 12.7 Å². The maximum Gasteiger partial charge on any atom is 0.0629 e. The molecule has 0 aromatic carbocycles. The van der Waals surface area contributed by atoms with Gasteiger partial charge < -0.3 is 9.47 Å². The molecule has 1 heterocycles. The van der Waals surface area contributed by atoms with Crippen LogP contribution >= 0.6 is 0 Å². The fourth-order valence-corrected chi connectivity index (χ4v) is 1.68. The van der Waals surface area contributed by atoms with Gasteiger partial charge in [-0.15, -0.1) is 0 Å². The molecule has 0 aromatic rings. The molecule has 0 spiro atoms. The number of nitrogens with one attached hydrogen (secondary N) is 1. The Labute approximate surface area is 79.7 Å². The molecule has 1 aliphatic heterocycles. The Morgan fingerprint density at radius 2 is 2.54 bits per heavy atom. The lowest BCUT2D eigenvalue weighted by Crippen LogP contribution is -2.38. The highest BCUT2D eigenvalue weighted by atomic mass is 16.5. The first-order valence-electron chi connectivity index (χ1n) is 4.93. The Morgan fingerprint density at radius 1 is 1.69 bits per heavy atom. The summed E-state index contributed by atoms with van der Waals surface area (Å²) in [6.07, 6.45) is 4.96. The van der Waals surface area contributed by atoms with Crippen molar-refractivity contribution >= 4 is 0 Å². The SMILES string of the molecule is COCC(CCC1CCCO1)NN. The van der Waals surface area contributed by atoms with Crippen molar-refractivity contribution < 1.29 is 9.47 Å². The molecule has 1 aliphatic rings. The predicted molar refractivity (Wildman–Crippen MR) is 51.2 cm³/mol. The standard InChI is InChI=1S/C9H20N2O2/c1-12-7-8(11-10)4-5-9-3-2-6-13-9/h8-9,11H,2-7,10H2,1H3. The summed E-state index contributed by atoms with van der Waals surface area (Å²) in [7, 11) is 1.69. The molecular formula is C9H20N2O2. The van der Waals surface area contributed by atoms with Crippen LogP contribution in [0.2, 0.25) is 0 Å². The lowest BCUT2D eigenvalue weighted by Gasteiger charge is -2.16. The van der Waals surface area contributed by atoms with Crippen LogP contribution in [0.4, 0.5) is 0 Å². The fourth-order valence-electron chi connectivity index (χ4n) is 1.68. The number of methoxy groups -OCH3 is 1. The lowest BCUT2D eigenvalue weighted by molar-refractivity contribution is 0.0926. The monoisotopic (exact) mass is 188 g/mol. The van der Waals surface area contributed by atoms with Crippen molar-refractivity contribution in [1.29, 1.82) is 0 Å². The van der Waals surface area contributed by atoms with E-state index in [1.54, 1.807) is 7.11 Å². The Balaban J connectivity index is 2.07. The molecule has 0 amide bonds. The molecule has 0 aliphatic carbocycles. The summed E-state index contributed by atoms with van der Waals surface area (Å²) in [5.41, 5.74) is 2.75. The molecule has 3 N–H and O–H groups in total. The zero-order valence-corrected chi connectivity index (χ0v) is 8.29. The normalized spacial score (nSPS) is 24.9. The van der Waals surface area contributed by atoms with Crippen LogP contribution in [0.1, 0.15) is 25.7 Å². The Morgan fingerprint density at radius 3 is 3.08 bits per heavy atom. The van der Waals surface area contributed by atoms with E-state index in [0.29, 0.717) is 12.7 Å². The van der Waals surface area contributed by atoms with E-state index in [1.807, 2.05) is 0 Å². The van der Waals surface area contributed by atoms with Crippen LogP contribution in [0.5, 0.6) is 0 Å². The number of hydrogen-bond donors (Lipinski definition) is 2. The Hall–Kier alpha value is -0.160. The molecule has 13 heavy (non-hydrogen) atoms. The molecule has 4 heteroatoms. The lowest BCUT2D eigenvalue weighted by atomic mass is 10.1. The molecule has 4 nitrogen and oxygen atoms in total. The van der Waals surface area contributed by atoms with Gasteiger partial charge in [-0.1, -0.05) is 0 Å². The van der Waals surface area contributed by atoms with Crippen molar-refractivity contribution in [2.24, 2.45) is 5.84 Å². The van der Waals surface area contributed by atoms with Crippen LogP contribution in [0, 0.1) is 0 Å². The summed E-state index contributed by atoms with van der Waals surface area (Å²) in [5, 5.41) is 0. The number of hydrazine groups is 1. The van der Waals surface area contributed by atoms with E-state index in [0.717, 1.165) is 19.4 Å². The first-order chi connectivity index (χ1) is 6.36. The zero-order valence-electron chi connectivity index (χ0n) is 8.29. The number of ether oxygens (including phenoxy) is 2. The minimum absolute atomic E-state index is 0.259. The second kappa shape index (κ2) is 6.32. The molecule has 1 rings (SSSR count). The average Bonchev–Trinajstić information content (AvgIpc) is 2.64. The summed E-state index contributed by atoms with van der Waals surface area (Å²) >= 11 is 0. The summed E-state index contributed by atoms with van der Waals surface area (Å²) in [4.78, 5) is 0. The molecular weight excluding hydrogens is 168 g/mol. The van der Waals surface area contributed by atoms with E-state index < -0.39 is 0 Å². The van der Waals surface area contributed by atoms with E-state index in [-0.39, 0.29) is 6.04 Å². The van der Waals surface area contributed by atoms with Crippen LogP contribution in [0.25, 0.3) is 0 Å². The molecule has 0 saturated carbocycles. The number of rotatable bonds is 6. The topological polar surface area (TPSA) is 56.5 Å². The van der Waals surface area contributed by atoms with Gasteiger partial charge in [-0.05, 0) is 25.7 Å². The third-order valence-electron chi connectivity index (χ3n) is 2.46. The van der Waals surface area contributed by atoms with Gasteiger partial charge >= 0.3 is 0 Å². The first-order valence-corrected chi connectivity index (χ1v) is 4.93. The third kappa shape index (κ3) is 4.04. The Bertz CT molecular complexity index is 127. The van der Waals surface area contributed by atoms with Crippen molar-refractivity contribution in [3.8, 4) is 0 Å². The molecule has 78 valence electrons. The largest absolute Gasteiger partial charge is 0.383 e. The maximum absolute atomic E-state index is 5.52. The summed E-state index contributed by atoms with van der Waals surface area (Å²) in [6.45, 7) is 1.60. The van der Waals surface area contributed by atoms with Crippen molar-refractivity contribution in [3.63, 3.8) is 0 Å². The molecule has 1 saturated heterocycles.